The van der Waals surface area contributed by atoms with Crippen LogP contribution in [-0.4, -0.2) is 22.0 Å². The highest BCUT2D eigenvalue weighted by Crippen LogP contribution is 2.39. The van der Waals surface area contributed by atoms with E-state index in [9.17, 15) is 4.57 Å². The lowest BCUT2D eigenvalue weighted by Gasteiger charge is -2.08. The third-order valence-electron chi connectivity index (χ3n) is 0.915. The first-order chi connectivity index (χ1) is 3.48. The Hall–Kier alpha value is 0.110. The molecule has 0 spiro atoms. The predicted molar refractivity (Wildman–Crippen MR) is 30.6 cm³/mol. The lowest BCUT2D eigenvalue weighted by molar-refractivity contribution is 0.361. The summed E-state index contributed by atoms with van der Waals surface area (Å²) in [5.41, 5.74) is 4.26. The third kappa shape index (κ3) is 2.43. The summed E-state index contributed by atoms with van der Waals surface area (Å²) in [5, 5.41) is 0. The molecule has 0 aromatic carbocycles. The van der Waals surface area contributed by atoms with Crippen LogP contribution in [0.25, 0.3) is 0 Å². The van der Waals surface area contributed by atoms with Crippen molar-refractivity contribution in [2.45, 2.75) is 12.6 Å². The van der Waals surface area contributed by atoms with Gasteiger partial charge in [0.05, 0.1) is 5.66 Å². The van der Waals surface area contributed by atoms with Crippen LogP contribution in [0.4, 0.5) is 0 Å². The van der Waals surface area contributed by atoms with Crippen molar-refractivity contribution >= 4 is 7.60 Å². The van der Waals surface area contributed by atoms with Gasteiger partial charge in [-0.15, -0.1) is 0 Å². The molecule has 0 aliphatic carbocycles. The molecule has 0 aliphatic rings. The van der Waals surface area contributed by atoms with E-state index >= 15 is 0 Å². The van der Waals surface area contributed by atoms with Crippen molar-refractivity contribution in [2.24, 2.45) is 5.73 Å². The number of rotatable bonds is 2. The zero-order valence-corrected chi connectivity index (χ0v) is 5.51. The Bertz CT molecular complexity index is 109. The second-order valence-electron chi connectivity index (χ2n) is 1.67. The van der Waals surface area contributed by atoms with Crippen LogP contribution in [-0.2, 0) is 4.57 Å². The highest BCUT2D eigenvalue weighted by atomic mass is 31.2. The smallest absolute Gasteiger partial charge is 0.329 e. The van der Waals surface area contributed by atoms with E-state index in [1.165, 1.54) is 6.92 Å². The fourth-order valence-electron chi connectivity index (χ4n) is 0.137. The average molecular weight is 139 g/mol. The fraction of sp³-hybridized carbons (Fsp3) is 1.00. The maximum Gasteiger partial charge on any atom is 0.329 e. The Morgan fingerprint density at radius 2 is 2.12 bits per heavy atom. The Morgan fingerprint density at radius 1 is 1.75 bits per heavy atom. The van der Waals surface area contributed by atoms with Crippen LogP contribution < -0.4 is 5.73 Å². The molecule has 0 rings (SSSR count). The van der Waals surface area contributed by atoms with Gasteiger partial charge in [0.1, 0.15) is 0 Å². The SMILES string of the molecule is C[C@@H](CN)P(=O)(O)O. The minimum atomic E-state index is -3.88. The molecule has 0 saturated carbocycles. The van der Waals surface area contributed by atoms with Gasteiger partial charge in [0.25, 0.3) is 0 Å². The summed E-state index contributed by atoms with van der Waals surface area (Å²) in [5.74, 6) is 0. The number of hydrogen-bond acceptors (Lipinski definition) is 2. The van der Waals surface area contributed by atoms with Gasteiger partial charge in [0.15, 0.2) is 0 Å². The van der Waals surface area contributed by atoms with E-state index < -0.39 is 13.3 Å². The third-order valence-corrected chi connectivity index (χ3v) is 2.27. The van der Waals surface area contributed by atoms with Gasteiger partial charge in [0, 0.05) is 6.54 Å². The zero-order valence-electron chi connectivity index (χ0n) is 4.61. The van der Waals surface area contributed by atoms with Gasteiger partial charge in [-0.25, -0.2) is 0 Å². The first-order valence-electron chi connectivity index (χ1n) is 2.23. The van der Waals surface area contributed by atoms with Crippen molar-refractivity contribution in [3.8, 4) is 0 Å². The lowest BCUT2D eigenvalue weighted by atomic mass is 10.5. The zero-order chi connectivity index (χ0) is 6.78. The summed E-state index contributed by atoms with van der Waals surface area (Å²) < 4.78 is 10.2. The van der Waals surface area contributed by atoms with Gasteiger partial charge in [-0.2, -0.15) is 0 Å². The molecule has 1 atom stereocenters. The molecule has 0 heterocycles. The minimum absolute atomic E-state index is 0.0320. The molecule has 0 aliphatic heterocycles. The first-order valence-corrected chi connectivity index (χ1v) is 3.92. The summed E-state index contributed by atoms with van der Waals surface area (Å²) in [6.45, 7) is 1.45. The van der Waals surface area contributed by atoms with Crippen LogP contribution in [0, 0.1) is 0 Å². The monoisotopic (exact) mass is 139 g/mol. The van der Waals surface area contributed by atoms with Gasteiger partial charge in [-0.05, 0) is 6.92 Å². The summed E-state index contributed by atoms with van der Waals surface area (Å²) in [6.07, 6.45) is 0. The normalized spacial score (nSPS) is 16.0. The maximum absolute atomic E-state index is 10.2. The topological polar surface area (TPSA) is 83.6 Å². The van der Waals surface area contributed by atoms with E-state index in [1.54, 1.807) is 0 Å². The van der Waals surface area contributed by atoms with Crippen LogP contribution in [0.15, 0.2) is 0 Å². The molecular weight excluding hydrogens is 129 g/mol. The fourth-order valence-corrected chi connectivity index (χ4v) is 0.412. The second-order valence-corrected chi connectivity index (χ2v) is 3.73. The van der Waals surface area contributed by atoms with Crippen LogP contribution in [0.2, 0.25) is 0 Å². The molecule has 50 valence electrons. The van der Waals surface area contributed by atoms with E-state index in [1.807, 2.05) is 0 Å². The van der Waals surface area contributed by atoms with E-state index in [4.69, 9.17) is 15.5 Å². The highest BCUT2D eigenvalue weighted by Gasteiger charge is 2.21. The molecule has 4 nitrogen and oxygen atoms in total. The Morgan fingerprint density at radius 3 is 2.12 bits per heavy atom. The summed E-state index contributed by atoms with van der Waals surface area (Å²) in [6, 6.07) is 0. The molecule has 0 radical (unpaired) electrons. The first kappa shape index (κ1) is 8.11. The highest BCUT2D eigenvalue weighted by molar-refractivity contribution is 7.52. The van der Waals surface area contributed by atoms with Gasteiger partial charge in [-0.1, -0.05) is 0 Å². The molecule has 0 bridgehead atoms. The van der Waals surface area contributed by atoms with Crippen molar-refractivity contribution in [2.75, 3.05) is 6.54 Å². The van der Waals surface area contributed by atoms with E-state index in [0.29, 0.717) is 0 Å². The predicted octanol–water partition coefficient (Wildman–Crippen LogP) is -0.489. The molecule has 0 aromatic rings. The maximum atomic E-state index is 10.2. The van der Waals surface area contributed by atoms with Gasteiger partial charge >= 0.3 is 7.60 Å². The van der Waals surface area contributed by atoms with Crippen molar-refractivity contribution in [3.63, 3.8) is 0 Å². The average Bonchev–Trinajstić information content (AvgIpc) is 1.62. The molecule has 8 heavy (non-hydrogen) atoms. The molecule has 5 heteroatoms. The standard InChI is InChI=1S/C3H10NO3P/c1-3(2-4)8(5,6)7/h3H,2,4H2,1H3,(H2,5,6,7)/t3-/m0/s1. The van der Waals surface area contributed by atoms with Crippen molar-refractivity contribution in [1.82, 2.24) is 0 Å². The van der Waals surface area contributed by atoms with Gasteiger partial charge < -0.3 is 15.5 Å². The molecule has 0 aromatic heterocycles. The van der Waals surface area contributed by atoms with E-state index in [-0.39, 0.29) is 6.54 Å². The number of hydrogen-bond donors (Lipinski definition) is 3. The van der Waals surface area contributed by atoms with Crippen molar-refractivity contribution in [1.29, 1.82) is 0 Å². The minimum Gasteiger partial charge on any atom is -0.330 e. The molecule has 4 N–H and O–H groups in total. The lowest BCUT2D eigenvalue weighted by Crippen LogP contribution is -2.16. The molecule has 0 fully saturated rings. The molecule has 0 amide bonds. The van der Waals surface area contributed by atoms with Crippen molar-refractivity contribution in [3.05, 3.63) is 0 Å². The van der Waals surface area contributed by atoms with Crippen molar-refractivity contribution < 1.29 is 14.4 Å². The van der Waals surface area contributed by atoms with Crippen LogP contribution in [0.3, 0.4) is 0 Å². The molecular formula is C3H10NO3P. The summed E-state index contributed by atoms with van der Waals surface area (Å²) in [7, 11) is -3.88. The second kappa shape index (κ2) is 2.60. The quantitative estimate of drug-likeness (QED) is 0.451. The summed E-state index contributed by atoms with van der Waals surface area (Å²) in [4.78, 5) is 16.6. The van der Waals surface area contributed by atoms with Crippen LogP contribution >= 0.6 is 7.60 Å². The largest absolute Gasteiger partial charge is 0.330 e. The number of nitrogens with two attached hydrogens (primary N) is 1. The molecule has 0 saturated heterocycles. The summed E-state index contributed by atoms with van der Waals surface area (Å²) >= 11 is 0. The van der Waals surface area contributed by atoms with E-state index in [2.05, 4.69) is 0 Å². The van der Waals surface area contributed by atoms with Gasteiger partial charge in [0.2, 0.25) is 0 Å². The molecule has 0 unspecified atom stereocenters. The van der Waals surface area contributed by atoms with Crippen LogP contribution in [0.5, 0.6) is 0 Å². The van der Waals surface area contributed by atoms with Crippen LogP contribution in [0.1, 0.15) is 6.92 Å². The van der Waals surface area contributed by atoms with E-state index in [0.717, 1.165) is 0 Å². The Labute approximate surface area is 47.9 Å². The Kier molecular flexibility index (Phi) is 2.63. The van der Waals surface area contributed by atoms with Gasteiger partial charge in [-0.3, -0.25) is 4.57 Å². The Balaban J connectivity index is 3.82.